The van der Waals surface area contributed by atoms with E-state index in [4.69, 9.17) is 5.73 Å². The maximum atomic E-state index is 13.5. The molecule has 0 saturated carbocycles. The number of nitrogens with two attached hydrogens (primary N) is 1. The monoisotopic (exact) mass is 382 g/mol. The number of nitrogen functional groups attached to an aromatic ring is 1. The molecule has 28 heavy (non-hydrogen) atoms. The van der Waals surface area contributed by atoms with Crippen molar-refractivity contribution in [3.63, 3.8) is 0 Å². The molecule has 2 aromatic rings. The molecule has 148 valence electrons. The first-order valence-electron chi connectivity index (χ1n) is 9.21. The number of pyridine rings is 2. The molecule has 2 aromatic heterocycles. The number of likely N-dealkylation sites (tertiary alicyclic amines) is 1. The zero-order valence-corrected chi connectivity index (χ0v) is 15.4. The van der Waals surface area contributed by atoms with E-state index in [-0.39, 0.29) is 18.9 Å². The van der Waals surface area contributed by atoms with E-state index in [1.54, 1.807) is 16.8 Å². The van der Waals surface area contributed by atoms with Crippen LogP contribution in [0.3, 0.4) is 0 Å². The number of rotatable bonds is 0. The Kier molecular flexibility index (Phi) is 4.01. The second kappa shape index (κ2) is 6.07. The summed E-state index contributed by atoms with van der Waals surface area (Å²) in [7, 11) is 2.06. The van der Waals surface area contributed by atoms with Crippen molar-refractivity contribution in [1.82, 2.24) is 19.8 Å². The first-order chi connectivity index (χ1) is 12.9. The number of nitrogens with one attached hydrogen (secondary N) is 2. The Hall–Kier alpha value is -2.87. The lowest BCUT2D eigenvalue weighted by atomic mass is 9.93. The highest BCUT2D eigenvalue weighted by Gasteiger charge is 2.47. The third-order valence-electron chi connectivity index (χ3n) is 6.19. The van der Waals surface area contributed by atoms with Crippen molar-refractivity contribution in [3.05, 3.63) is 45.0 Å². The molecule has 1 fully saturated rings. The molecule has 5 heterocycles. The molecule has 1 spiro atoms. The second-order valence-corrected chi connectivity index (χ2v) is 7.82. The van der Waals surface area contributed by atoms with E-state index in [1.165, 1.54) is 0 Å². The number of hydrogen-bond donors (Lipinski definition) is 3. The van der Waals surface area contributed by atoms with Gasteiger partial charge in [-0.2, -0.15) is 0 Å². The van der Waals surface area contributed by atoms with E-state index < -0.39 is 5.66 Å². The standard InChI is InChI=1S/C19H22N6O2.CH4/c1-10-12-7-11-9-21-14(20)8-13(11)22-15(12)18(27)25-16(10)17(26)23-19(25)3-5-24(2)6-4-19;/h8-9,22H,3-7H2,1-2H3,(H2,20,21)(H,23,26);1H4. The van der Waals surface area contributed by atoms with Gasteiger partial charge in [-0.05, 0) is 30.7 Å². The summed E-state index contributed by atoms with van der Waals surface area (Å²) in [5.41, 5.74) is 9.57. The Labute approximate surface area is 163 Å². The first-order valence-corrected chi connectivity index (χ1v) is 9.21. The van der Waals surface area contributed by atoms with Crippen LogP contribution < -0.4 is 21.9 Å². The number of carbonyl (C=O) groups is 1. The number of hydrogen-bond acceptors (Lipinski definition) is 6. The van der Waals surface area contributed by atoms with Gasteiger partial charge in [0.2, 0.25) is 0 Å². The molecule has 3 aliphatic heterocycles. The van der Waals surface area contributed by atoms with Gasteiger partial charge in [-0.15, -0.1) is 0 Å². The average molecular weight is 382 g/mol. The van der Waals surface area contributed by atoms with Crippen molar-refractivity contribution in [2.24, 2.45) is 0 Å². The van der Waals surface area contributed by atoms with Crippen LogP contribution in [0.15, 0.2) is 17.1 Å². The molecule has 0 aliphatic carbocycles. The van der Waals surface area contributed by atoms with Crippen molar-refractivity contribution in [1.29, 1.82) is 0 Å². The molecule has 0 atom stereocenters. The Balaban J connectivity index is 0.00000192. The predicted octanol–water partition coefficient (Wildman–Crippen LogP) is 1.54. The summed E-state index contributed by atoms with van der Waals surface area (Å²) in [6, 6.07) is 1.75. The number of aromatic nitrogens is 2. The summed E-state index contributed by atoms with van der Waals surface area (Å²) in [6.07, 6.45) is 3.72. The topological polar surface area (TPSA) is 105 Å². The van der Waals surface area contributed by atoms with Crippen LogP contribution in [0.5, 0.6) is 0 Å². The minimum Gasteiger partial charge on any atom is -0.384 e. The number of carbonyl (C=O) groups excluding carboxylic acids is 1. The third kappa shape index (κ3) is 2.37. The number of nitrogens with zero attached hydrogens (tertiary/aromatic N) is 3. The van der Waals surface area contributed by atoms with Gasteiger partial charge in [-0.3, -0.25) is 14.2 Å². The average Bonchev–Trinajstić information content (AvgIpc) is 2.93. The largest absolute Gasteiger partial charge is 0.384 e. The number of piperidine rings is 1. The molecular weight excluding hydrogens is 356 g/mol. The molecule has 3 aliphatic rings. The Bertz CT molecular complexity index is 1050. The maximum Gasteiger partial charge on any atom is 0.277 e. The summed E-state index contributed by atoms with van der Waals surface area (Å²) in [5, 5.41) is 6.39. The lowest BCUT2D eigenvalue weighted by Crippen LogP contribution is -2.54. The molecule has 1 saturated heterocycles. The lowest BCUT2D eigenvalue weighted by Gasteiger charge is -2.39. The highest BCUT2D eigenvalue weighted by Crippen LogP contribution is 2.39. The summed E-state index contributed by atoms with van der Waals surface area (Å²) in [5.74, 6) is 0.254. The molecule has 8 nitrogen and oxygen atoms in total. The molecule has 1 amide bonds. The maximum absolute atomic E-state index is 13.5. The van der Waals surface area contributed by atoms with Crippen LogP contribution >= 0.6 is 0 Å². The summed E-state index contributed by atoms with van der Waals surface area (Å²) in [4.78, 5) is 32.7. The van der Waals surface area contributed by atoms with Crippen LogP contribution in [0.4, 0.5) is 17.2 Å². The highest BCUT2D eigenvalue weighted by molar-refractivity contribution is 5.98. The fraction of sp³-hybridized carbons (Fsp3) is 0.450. The van der Waals surface area contributed by atoms with Gasteiger partial charge in [0.1, 0.15) is 22.9 Å². The van der Waals surface area contributed by atoms with E-state index in [9.17, 15) is 9.59 Å². The highest BCUT2D eigenvalue weighted by atomic mass is 16.2. The number of amides is 1. The fourth-order valence-electron chi connectivity index (χ4n) is 4.62. The van der Waals surface area contributed by atoms with Crippen LogP contribution in [0.25, 0.3) is 0 Å². The molecule has 5 rings (SSSR count). The smallest absolute Gasteiger partial charge is 0.277 e. The van der Waals surface area contributed by atoms with Crippen LogP contribution in [-0.4, -0.2) is 40.5 Å². The van der Waals surface area contributed by atoms with Gasteiger partial charge in [0.15, 0.2) is 0 Å². The van der Waals surface area contributed by atoms with Gasteiger partial charge in [0.05, 0.1) is 0 Å². The van der Waals surface area contributed by atoms with E-state index in [0.717, 1.165) is 35.5 Å². The summed E-state index contributed by atoms with van der Waals surface area (Å²) >= 11 is 0. The molecule has 0 bridgehead atoms. The molecule has 0 unspecified atom stereocenters. The minimum absolute atomic E-state index is 0. The zero-order chi connectivity index (χ0) is 18.9. The Morgan fingerprint density at radius 3 is 2.68 bits per heavy atom. The van der Waals surface area contributed by atoms with Crippen molar-refractivity contribution < 1.29 is 4.79 Å². The van der Waals surface area contributed by atoms with Gasteiger partial charge in [0, 0.05) is 50.3 Å². The van der Waals surface area contributed by atoms with Gasteiger partial charge < -0.3 is 21.3 Å². The molecule has 0 aromatic carbocycles. The van der Waals surface area contributed by atoms with E-state index in [0.29, 0.717) is 36.5 Å². The van der Waals surface area contributed by atoms with Gasteiger partial charge in [0.25, 0.3) is 11.5 Å². The SMILES string of the molecule is C.Cc1c2c(c(=O)n3c1C(=O)NC31CCN(C)CC1)Nc1cc(N)ncc1C2. The quantitative estimate of drug-likeness (QED) is 0.545. The lowest BCUT2D eigenvalue weighted by molar-refractivity contribution is 0.0799. The predicted molar refractivity (Wildman–Crippen MR) is 109 cm³/mol. The van der Waals surface area contributed by atoms with Crippen LogP contribution in [0.2, 0.25) is 0 Å². The van der Waals surface area contributed by atoms with Gasteiger partial charge >= 0.3 is 0 Å². The molecular formula is C20H26N6O2. The van der Waals surface area contributed by atoms with Crippen molar-refractivity contribution in [2.75, 3.05) is 31.2 Å². The van der Waals surface area contributed by atoms with Crippen LogP contribution in [0, 0.1) is 6.92 Å². The van der Waals surface area contributed by atoms with Crippen molar-refractivity contribution in [2.45, 2.75) is 39.3 Å². The van der Waals surface area contributed by atoms with Crippen LogP contribution in [0.1, 0.15) is 47.4 Å². The van der Waals surface area contributed by atoms with E-state index >= 15 is 0 Å². The fourth-order valence-corrected chi connectivity index (χ4v) is 4.62. The molecule has 8 heteroatoms. The van der Waals surface area contributed by atoms with Crippen LogP contribution in [-0.2, 0) is 12.1 Å². The Morgan fingerprint density at radius 2 is 1.96 bits per heavy atom. The third-order valence-corrected chi connectivity index (χ3v) is 6.19. The number of anilines is 3. The molecule has 0 radical (unpaired) electrons. The minimum atomic E-state index is -0.630. The number of fused-ring (bicyclic) bond motifs is 4. The van der Waals surface area contributed by atoms with Crippen molar-refractivity contribution in [3.8, 4) is 0 Å². The van der Waals surface area contributed by atoms with Gasteiger partial charge in [-0.25, -0.2) is 4.98 Å². The zero-order valence-electron chi connectivity index (χ0n) is 15.4. The Morgan fingerprint density at radius 1 is 1.25 bits per heavy atom. The normalized spacial score (nSPS) is 19.1. The first kappa shape index (κ1) is 18.5. The molecule has 4 N–H and O–H groups in total. The van der Waals surface area contributed by atoms with Crippen molar-refractivity contribution >= 4 is 23.1 Å². The van der Waals surface area contributed by atoms with Gasteiger partial charge in [-0.1, -0.05) is 7.43 Å². The van der Waals surface area contributed by atoms with E-state index in [1.807, 2.05) is 6.92 Å². The second-order valence-electron chi connectivity index (χ2n) is 7.82. The summed E-state index contributed by atoms with van der Waals surface area (Å²) in [6.45, 7) is 3.59. The summed E-state index contributed by atoms with van der Waals surface area (Å²) < 4.78 is 1.71. The van der Waals surface area contributed by atoms with E-state index in [2.05, 4.69) is 27.6 Å².